The highest BCUT2D eigenvalue weighted by molar-refractivity contribution is 6.02. The van der Waals surface area contributed by atoms with Crippen LogP contribution in [0.3, 0.4) is 0 Å². The summed E-state index contributed by atoms with van der Waals surface area (Å²) in [6.07, 6.45) is 0.386. The van der Waals surface area contributed by atoms with Gasteiger partial charge in [0.05, 0.1) is 6.42 Å². The van der Waals surface area contributed by atoms with Gasteiger partial charge in [0, 0.05) is 19.3 Å². The highest BCUT2D eigenvalue weighted by Gasteiger charge is 2.03. The predicted octanol–water partition coefficient (Wildman–Crippen LogP) is 3.28. The third-order valence-electron chi connectivity index (χ3n) is 1.72. The Morgan fingerprint density at radius 2 is 1.72 bits per heavy atom. The summed E-state index contributed by atoms with van der Waals surface area (Å²) in [7, 11) is 1.68. The van der Waals surface area contributed by atoms with Gasteiger partial charge < -0.3 is 9.53 Å². The number of ketones is 1. The van der Waals surface area contributed by atoms with Crippen LogP contribution in [0.2, 0.25) is 0 Å². The van der Waals surface area contributed by atoms with Gasteiger partial charge in [0.25, 0.3) is 0 Å². The quantitative estimate of drug-likeness (QED) is 0.471. The largest absolute Gasteiger partial charge is 0.385 e. The first-order chi connectivity index (χ1) is 8.65. The standard InChI is InChI=1S/C9H7FO2.C3H8O.C2H6/c10-8-3-1-7(2-4-8)9(12)5-6-11;1-3-4-2;1-2/h1-4,6H,5H2;3H2,1-2H3;1-2H3. The lowest BCUT2D eigenvalue weighted by Crippen LogP contribution is -1.98. The number of ether oxygens (including phenoxy) is 1. The maximum absolute atomic E-state index is 12.4. The highest BCUT2D eigenvalue weighted by Crippen LogP contribution is 2.04. The van der Waals surface area contributed by atoms with Crippen LogP contribution in [0.1, 0.15) is 37.6 Å². The summed E-state index contributed by atoms with van der Waals surface area (Å²) < 4.78 is 16.9. The average molecular weight is 256 g/mol. The Morgan fingerprint density at radius 1 is 1.28 bits per heavy atom. The zero-order chi connectivity index (χ0) is 14.4. The third kappa shape index (κ3) is 9.66. The summed E-state index contributed by atoms with van der Waals surface area (Å²) in [5.74, 6) is -0.678. The van der Waals surface area contributed by atoms with E-state index in [4.69, 9.17) is 0 Å². The summed E-state index contributed by atoms with van der Waals surface area (Å²) >= 11 is 0. The maximum atomic E-state index is 12.4. The van der Waals surface area contributed by atoms with Gasteiger partial charge in [-0.1, -0.05) is 13.8 Å². The second-order valence-electron chi connectivity index (χ2n) is 2.88. The normalized spacial score (nSPS) is 8.28. The van der Waals surface area contributed by atoms with E-state index >= 15 is 0 Å². The second-order valence-corrected chi connectivity index (χ2v) is 2.88. The van der Waals surface area contributed by atoms with Crippen molar-refractivity contribution in [3.8, 4) is 0 Å². The number of benzene rings is 1. The molecule has 0 aliphatic rings. The summed E-state index contributed by atoms with van der Waals surface area (Å²) in [4.78, 5) is 21.0. The number of rotatable bonds is 4. The highest BCUT2D eigenvalue weighted by atomic mass is 19.1. The van der Waals surface area contributed by atoms with Gasteiger partial charge in [-0.3, -0.25) is 4.79 Å². The number of Topliss-reactive ketones (excluding diaryl/α,β-unsaturated/α-hetero) is 1. The zero-order valence-electron chi connectivity index (χ0n) is 11.4. The fourth-order valence-corrected chi connectivity index (χ4v) is 0.829. The minimum atomic E-state index is -0.391. The number of carbonyl (C=O) groups is 2. The minimum Gasteiger partial charge on any atom is -0.385 e. The molecular weight excluding hydrogens is 235 g/mol. The minimum absolute atomic E-state index is 0.147. The third-order valence-corrected chi connectivity index (χ3v) is 1.72. The second kappa shape index (κ2) is 13.5. The summed E-state index contributed by atoms with van der Waals surface area (Å²) in [6.45, 7) is 6.78. The van der Waals surface area contributed by atoms with Crippen LogP contribution in [0.4, 0.5) is 4.39 Å². The Balaban J connectivity index is 0. The lowest BCUT2D eigenvalue weighted by molar-refractivity contribution is -0.107. The van der Waals surface area contributed by atoms with Crippen molar-refractivity contribution < 1.29 is 18.7 Å². The van der Waals surface area contributed by atoms with E-state index in [1.165, 1.54) is 24.3 Å². The van der Waals surface area contributed by atoms with Crippen molar-refractivity contribution in [2.24, 2.45) is 0 Å². The van der Waals surface area contributed by atoms with E-state index in [1.807, 2.05) is 20.8 Å². The molecular formula is C14H21FO3. The number of hydrogen-bond donors (Lipinski definition) is 0. The van der Waals surface area contributed by atoms with Gasteiger partial charge in [0.15, 0.2) is 5.78 Å². The van der Waals surface area contributed by atoms with Crippen molar-refractivity contribution in [1.29, 1.82) is 0 Å². The zero-order valence-corrected chi connectivity index (χ0v) is 11.4. The van der Waals surface area contributed by atoms with Gasteiger partial charge in [0.1, 0.15) is 12.1 Å². The van der Waals surface area contributed by atoms with Crippen LogP contribution in [0.15, 0.2) is 24.3 Å². The van der Waals surface area contributed by atoms with E-state index in [9.17, 15) is 14.0 Å². The molecule has 0 heterocycles. The maximum Gasteiger partial charge on any atom is 0.169 e. The van der Waals surface area contributed by atoms with Crippen LogP contribution in [0, 0.1) is 5.82 Å². The van der Waals surface area contributed by atoms with Crippen molar-refractivity contribution in [1.82, 2.24) is 0 Å². The molecule has 0 N–H and O–H groups in total. The number of halogens is 1. The predicted molar refractivity (Wildman–Crippen MR) is 70.3 cm³/mol. The Bertz CT molecular complexity index is 318. The van der Waals surface area contributed by atoms with Gasteiger partial charge in [-0.25, -0.2) is 4.39 Å². The van der Waals surface area contributed by atoms with Crippen molar-refractivity contribution in [3.63, 3.8) is 0 Å². The molecule has 0 radical (unpaired) electrons. The molecule has 0 saturated carbocycles. The van der Waals surface area contributed by atoms with Gasteiger partial charge in [-0.15, -0.1) is 0 Å². The first-order valence-electron chi connectivity index (χ1n) is 5.87. The van der Waals surface area contributed by atoms with Crippen LogP contribution in [-0.4, -0.2) is 25.8 Å². The van der Waals surface area contributed by atoms with Crippen molar-refractivity contribution in [3.05, 3.63) is 35.6 Å². The molecule has 0 unspecified atom stereocenters. The molecule has 1 aromatic rings. The molecule has 0 bridgehead atoms. The van der Waals surface area contributed by atoms with E-state index in [2.05, 4.69) is 4.74 Å². The van der Waals surface area contributed by atoms with E-state index in [1.54, 1.807) is 7.11 Å². The molecule has 0 aliphatic heterocycles. The molecule has 1 aromatic carbocycles. The number of hydrogen-bond acceptors (Lipinski definition) is 3. The lowest BCUT2D eigenvalue weighted by Gasteiger charge is -1.94. The SMILES string of the molecule is CC.CCOC.O=CCC(=O)c1ccc(F)cc1. The monoisotopic (exact) mass is 256 g/mol. The fourth-order valence-electron chi connectivity index (χ4n) is 0.829. The summed E-state index contributed by atoms with van der Waals surface area (Å²) in [5.41, 5.74) is 0.364. The Hall–Kier alpha value is -1.55. The molecule has 1 rings (SSSR count). The van der Waals surface area contributed by atoms with Crippen molar-refractivity contribution in [2.45, 2.75) is 27.2 Å². The Labute approximate surface area is 108 Å². The van der Waals surface area contributed by atoms with Gasteiger partial charge in [-0.2, -0.15) is 0 Å². The molecule has 18 heavy (non-hydrogen) atoms. The fraction of sp³-hybridized carbons (Fsp3) is 0.429. The average Bonchev–Trinajstić information content (AvgIpc) is 2.42. The van der Waals surface area contributed by atoms with Crippen LogP contribution < -0.4 is 0 Å². The first kappa shape index (κ1) is 18.8. The van der Waals surface area contributed by atoms with E-state index in [-0.39, 0.29) is 12.2 Å². The molecule has 4 heteroatoms. The van der Waals surface area contributed by atoms with Crippen LogP contribution in [0.5, 0.6) is 0 Å². The van der Waals surface area contributed by atoms with Crippen LogP contribution in [-0.2, 0) is 9.53 Å². The van der Waals surface area contributed by atoms with Crippen LogP contribution >= 0.6 is 0 Å². The number of methoxy groups -OCH3 is 1. The molecule has 0 saturated heterocycles. The first-order valence-corrected chi connectivity index (χ1v) is 5.87. The van der Waals surface area contributed by atoms with E-state index in [0.717, 1.165) is 6.61 Å². The summed E-state index contributed by atoms with van der Waals surface area (Å²) in [5, 5.41) is 0. The number of carbonyl (C=O) groups excluding carboxylic acids is 2. The molecule has 0 spiro atoms. The van der Waals surface area contributed by atoms with Crippen LogP contribution in [0.25, 0.3) is 0 Å². The molecule has 0 atom stereocenters. The topological polar surface area (TPSA) is 43.4 Å². The molecule has 102 valence electrons. The number of aldehydes is 1. The van der Waals surface area contributed by atoms with E-state index < -0.39 is 5.82 Å². The van der Waals surface area contributed by atoms with Crippen molar-refractivity contribution >= 4 is 12.1 Å². The molecule has 0 aliphatic carbocycles. The molecule has 0 amide bonds. The van der Waals surface area contributed by atoms with Gasteiger partial charge >= 0.3 is 0 Å². The van der Waals surface area contributed by atoms with Gasteiger partial charge in [-0.05, 0) is 31.2 Å². The molecule has 0 fully saturated rings. The summed E-state index contributed by atoms with van der Waals surface area (Å²) in [6, 6.07) is 5.11. The molecule has 0 aromatic heterocycles. The lowest BCUT2D eigenvalue weighted by atomic mass is 10.1. The Kier molecular flexibility index (Phi) is 14.1. The van der Waals surface area contributed by atoms with Gasteiger partial charge in [0.2, 0.25) is 0 Å². The van der Waals surface area contributed by atoms with Crippen molar-refractivity contribution in [2.75, 3.05) is 13.7 Å². The van der Waals surface area contributed by atoms with E-state index in [0.29, 0.717) is 11.8 Å². The molecule has 3 nitrogen and oxygen atoms in total. The smallest absolute Gasteiger partial charge is 0.169 e. The Morgan fingerprint density at radius 3 is 2.06 bits per heavy atom.